The summed E-state index contributed by atoms with van der Waals surface area (Å²) < 4.78 is 0. The van der Waals surface area contributed by atoms with E-state index in [1.807, 2.05) is 5.38 Å². The lowest BCUT2D eigenvalue weighted by atomic mass is 10.2. The van der Waals surface area contributed by atoms with Crippen LogP contribution in [0.5, 0.6) is 0 Å². The first-order chi connectivity index (χ1) is 6.83. The van der Waals surface area contributed by atoms with Gasteiger partial charge in [0.2, 0.25) is 0 Å². The van der Waals surface area contributed by atoms with Crippen molar-refractivity contribution in [3.8, 4) is 0 Å². The Morgan fingerprint density at radius 1 is 1.43 bits per heavy atom. The highest BCUT2D eigenvalue weighted by atomic mass is 32.1. The van der Waals surface area contributed by atoms with Crippen LogP contribution in [0.2, 0.25) is 0 Å². The maximum atomic E-state index is 10.8. The first kappa shape index (κ1) is 11.4. The zero-order valence-electron chi connectivity index (χ0n) is 8.08. The van der Waals surface area contributed by atoms with Crippen LogP contribution in [-0.4, -0.2) is 23.2 Å². The fourth-order valence-electron chi connectivity index (χ4n) is 1.16. The number of hydrogen-bond acceptors (Lipinski definition) is 4. The van der Waals surface area contributed by atoms with E-state index >= 15 is 0 Å². The Morgan fingerprint density at radius 3 is 2.93 bits per heavy atom. The van der Waals surface area contributed by atoms with Crippen LogP contribution in [0.3, 0.4) is 0 Å². The highest BCUT2D eigenvalue weighted by Crippen LogP contribution is 1.96. The quantitative estimate of drug-likeness (QED) is 0.587. The van der Waals surface area contributed by atoms with Gasteiger partial charge >= 0.3 is 4.87 Å². The van der Waals surface area contributed by atoms with Gasteiger partial charge in [0.15, 0.2) is 0 Å². The molecular formula is C9H16N2O2S. The third-order valence-corrected chi connectivity index (χ3v) is 2.62. The van der Waals surface area contributed by atoms with E-state index in [0.29, 0.717) is 0 Å². The molecule has 0 amide bonds. The van der Waals surface area contributed by atoms with E-state index in [9.17, 15) is 4.79 Å². The van der Waals surface area contributed by atoms with Crippen molar-refractivity contribution < 1.29 is 5.11 Å². The fraction of sp³-hybridized carbons (Fsp3) is 0.667. The number of aliphatic hydroxyl groups excluding tert-OH is 1. The molecule has 80 valence electrons. The van der Waals surface area contributed by atoms with Crippen LogP contribution >= 0.6 is 11.3 Å². The summed E-state index contributed by atoms with van der Waals surface area (Å²) in [6.45, 7) is 1.92. The molecule has 14 heavy (non-hydrogen) atoms. The van der Waals surface area contributed by atoms with Gasteiger partial charge in [0.05, 0.1) is 0 Å². The van der Waals surface area contributed by atoms with Gasteiger partial charge in [-0.25, -0.2) is 0 Å². The predicted molar refractivity (Wildman–Crippen MR) is 57.6 cm³/mol. The zero-order valence-corrected chi connectivity index (χ0v) is 8.90. The Kier molecular flexibility index (Phi) is 5.51. The largest absolute Gasteiger partial charge is 0.396 e. The van der Waals surface area contributed by atoms with E-state index in [1.165, 1.54) is 11.3 Å². The Bertz CT molecular complexity index is 295. The maximum Gasteiger partial charge on any atom is 0.304 e. The molecule has 1 heterocycles. The monoisotopic (exact) mass is 216 g/mol. The van der Waals surface area contributed by atoms with Crippen molar-refractivity contribution >= 4 is 11.3 Å². The number of aromatic amines is 1. The molecule has 1 aromatic heterocycles. The minimum Gasteiger partial charge on any atom is -0.396 e. The molecule has 4 nitrogen and oxygen atoms in total. The molecule has 0 aromatic carbocycles. The predicted octanol–water partition coefficient (Wildman–Crippen LogP) is 0.689. The van der Waals surface area contributed by atoms with Crippen LogP contribution in [0, 0.1) is 0 Å². The molecule has 0 saturated heterocycles. The molecule has 0 bridgehead atoms. The van der Waals surface area contributed by atoms with E-state index in [-0.39, 0.29) is 11.5 Å². The van der Waals surface area contributed by atoms with Crippen LogP contribution in [0.25, 0.3) is 0 Å². The molecular weight excluding hydrogens is 200 g/mol. The Balaban J connectivity index is 2.02. The van der Waals surface area contributed by atoms with E-state index < -0.39 is 0 Å². The van der Waals surface area contributed by atoms with Gasteiger partial charge < -0.3 is 15.4 Å². The molecule has 0 aliphatic heterocycles. The van der Waals surface area contributed by atoms with Crippen molar-refractivity contribution in [3.05, 3.63) is 20.7 Å². The van der Waals surface area contributed by atoms with E-state index in [2.05, 4.69) is 10.3 Å². The first-order valence-corrected chi connectivity index (χ1v) is 5.69. The molecule has 0 fully saturated rings. The second kappa shape index (κ2) is 6.75. The lowest BCUT2D eigenvalue weighted by Gasteiger charge is -2.01. The molecule has 0 unspecified atom stereocenters. The van der Waals surface area contributed by atoms with Crippen molar-refractivity contribution in [3.63, 3.8) is 0 Å². The lowest BCUT2D eigenvalue weighted by molar-refractivity contribution is 0.283. The molecule has 0 aliphatic carbocycles. The number of hydrogen-bond donors (Lipinski definition) is 3. The molecule has 0 spiro atoms. The Labute approximate surface area is 87.0 Å². The SMILES string of the molecule is O=c1[nH]c(CNCCCCCO)cs1. The highest BCUT2D eigenvalue weighted by molar-refractivity contribution is 7.07. The number of aromatic nitrogens is 1. The standard InChI is InChI=1S/C9H16N2O2S/c12-5-3-1-2-4-10-6-8-7-14-9(13)11-8/h7,10,12H,1-6H2,(H,11,13). The van der Waals surface area contributed by atoms with Gasteiger partial charge in [0.1, 0.15) is 0 Å². The third kappa shape index (κ3) is 4.55. The molecule has 3 N–H and O–H groups in total. The fourth-order valence-corrected chi connectivity index (χ4v) is 1.74. The molecule has 1 rings (SSSR count). The summed E-state index contributed by atoms with van der Waals surface area (Å²) in [5.41, 5.74) is 0.946. The number of unbranched alkanes of at least 4 members (excludes halogenated alkanes) is 2. The summed E-state index contributed by atoms with van der Waals surface area (Å²) in [7, 11) is 0. The number of H-pyrrole nitrogens is 1. The van der Waals surface area contributed by atoms with Crippen molar-refractivity contribution in [2.45, 2.75) is 25.8 Å². The van der Waals surface area contributed by atoms with Crippen molar-refractivity contribution in [1.29, 1.82) is 0 Å². The maximum absolute atomic E-state index is 10.8. The Hall–Kier alpha value is -0.650. The summed E-state index contributed by atoms with van der Waals surface area (Å²) in [4.78, 5) is 13.5. The molecule has 5 heteroatoms. The van der Waals surface area contributed by atoms with Crippen LogP contribution in [0.1, 0.15) is 25.0 Å². The number of aliphatic hydroxyl groups is 1. The van der Waals surface area contributed by atoms with Gasteiger partial charge in [-0.1, -0.05) is 11.3 Å². The second-order valence-corrected chi connectivity index (χ2v) is 3.98. The second-order valence-electron chi connectivity index (χ2n) is 3.13. The number of rotatable bonds is 7. The minimum atomic E-state index is 0.00193. The lowest BCUT2D eigenvalue weighted by Crippen LogP contribution is -2.15. The third-order valence-electron chi connectivity index (χ3n) is 1.90. The van der Waals surface area contributed by atoms with Gasteiger partial charge in [-0.3, -0.25) is 4.79 Å². The molecule has 0 atom stereocenters. The zero-order chi connectivity index (χ0) is 10.2. The number of thiazole rings is 1. The van der Waals surface area contributed by atoms with Crippen molar-refractivity contribution in [2.24, 2.45) is 0 Å². The van der Waals surface area contributed by atoms with Crippen LogP contribution < -0.4 is 10.2 Å². The summed E-state index contributed by atoms with van der Waals surface area (Å²) in [5, 5.41) is 13.6. The molecule has 1 aromatic rings. The van der Waals surface area contributed by atoms with Gasteiger partial charge in [-0.2, -0.15) is 0 Å². The summed E-state index contributed by atoms with van der Waals surface area (Å²) >= 11 is 1.19. The molecule has 0 aliphatic rings. The normalized spacial score (nSPS) is 10.6. The van der Waals surface area contributed by atoms with E-state index in [1.54, 1.807) is 0 Å². The van der Waals surface area contributed by atoms with Gasteiger partial charge in [-0.15, -0.1) is 0 Å². The summed E-state index contributed by atoms with van der Waals surface area (Å²) in [6.07, 6.45) is 2.98. The number of nitrogens with one attached hydrogen (secondary N) is 2. The van der Waals surface area contributed by atoms with Crippen molar-refractivity contribution in [1.82, 2.24) is 10.3 Å². The van der Waals surface area contributed by atoms with Gasteiger partial charge in [-0.05, 0) is 25.8 Å². The average molecular weight is 216 g/mol. The van der Waals surface area contributed by atoms with Gasteiger partial charge in [0.25, 0.3) is 0 Å². The summed E-state index contributed by atoms with van der Waals surface area (Å²) in [6, 6.07) is 0. The van der Waals surface area contributed by atoms with Crippen LogP contribution in [-0.2, 0) is 6.54 Å². The average Bonchev–Trinajstić information content (AvgIpc) is 2.58. The molecule has 0 saturated carbocycles. The van der Waals surface area contributed by atoms with Crippen LogP contribution in [0.15, 0.2) is 10.2 Å². The van der Waals surface area contributed by atoms with E-state index in [0.717, 1.165) is 38.0 Å². The smallest absolute Gasteiger partial charge is 0.304 e. The van der Waals surface area contributed by atoms with Crippen LogP contribution in [0.4, 0.5) is 0 Å². The highest BCUT2D eigenvalue weighted by Gasteiger charge is 1.95. The van der Waals surface area contributed by atoms with Gasteiger partial charge in [0, 0.05) is 24.2 Å². The van der Waals surface area contributed by atoms with Crippen molar-refractivity contribution in [2.75, 3.05) is 13.2 Å². The Morgan fingerprint density at radius 2 is 2.29 bits per heavy atom. The molecule has 0 radical (unpaired) electrons. The topological polar surface area (TPSA) is 65.1 Å². The summed E-state index contributed by atoms with van der Waals surface area (Å²) in [5.74, 6) is 0. The first-order valence-electron chi connectivity index (χ1n) is 4.81. The minimum absolute atomic E-state index is 0.00193. The van der Waals surface area contributed by atoms with E-state index in [4.69, 9.17) is 5.11 Å².